The first-order valence-corrected chi connectivity index (χ1v) is 8.85. The van der Waals surface area contributed by atoms with Gasteiger partial charge < -0.3 is 9.97 Å². The molecule has 6 heteroatoms. The molecule has 0 aliphatic rings. The number of benzene rings is 1. The number of pyridine rings is 1. The van der Waals surface area contributed by atoms with Gasteiger partial charge in [-0.3, -0.25) is 9.88 Å². The lowest BCUT2D eigenvalue weighted by Gasteiger charge is -2.27. The minimum absolute atomic E-state index is 0.187. The lowest BCUT2D eigenvalue weighted by molar-refractivity contribution is 0.195. The van der Waals surface area contributed by atoms with Gasteiger partial charge in [-0.25, -0.2) is 9.97 Å². The Balaban J connectivity index is 1.56. The molecule has 0 aliphatic carbocycles. The number of hydrogen-bond donors (Lipinski definition) is 2. The second-order valence-electron chi connectivity index (χ2n) is 6.43. The molecule has 0 fully saturated rings. The van der Waals surface area contributed by atoms with Crippen molar-refractivity contribution in [2.75, 3.05) is 6.54 Å². The standard InChI is InChI=1S/C20H22N6/c1-15(17-6-4-5-10-22-17)26(11-9-16-12-21-14-23-16)13-20-24-18-7-2-3-8-19(18)25-20/h2-8,10,12,14-15H,9,11,13H2,1H3,(H,21,23)(H,24,25). The molecule has 3 heterocycles. The minimum atomic E-state index is 0.187. The van der Waals surface area contributed by atoms with Crippen LogP contribution in [0.4, 0.5) is 0 Å². The number of nitrogens with one attached hydrogen (secondary N) is 2. The van der Waals surface area contributed by atoms with Crippen molar-refractivity contribution >= 4 is 11.0 Å². The molecule has 0 amide bonds. The van der Waals surface area contributed by atoms with Gasteiger partial charge in [0.2, 0.25) is 0 Å². The van der Waals surface area contributed by atoms with Crippen LogP contribution in [0.5, 0.6) is 0 Å². The van der Waals surface area contributed by atoms with E-state index in [1.54, 1.807) is 6.33 Å². The van der Waals surface area contributed by atoms with Crippen LogP contribution in [0, 0.1) is 0 Å². The fourth-order valence-corrected chi connectivity index (χ4v) is 3.18. The molecule has 0 radical (unpaired) electrons. The number of para-hydroxylation sites is 2. The van der Waals surface area contributed by atoms with Gasteiger partial charge in [-0.1, -0.05) is 18.2 Å². The summed E-state index contributed by atoms with van der Waals surface area (Å²) in [5.74, 6) is 0.971. The maximum absolute atomic E-state index is 4.74. The van der Waals surface area contributed by atoms with E-state index in [-0.39, 0.29) is 6.04 Å². The fourth-order valence-electron chi connectivity index (χ4n) is 3.18. The van der Waals surface area contributed by atoms with Crippen molar-refractivity contribution in [1.29, 1.82) is 0 Å². The van der Waals surface area contributed by atoms with E-state index in [1.807, 2.05) is 42.7 Å². The summed E-state index contributed by atoms with van der Waals surface area (Å²) < 4.78 is 0. The van der Waals surface area contributed by atoms with Crippen molar-refractivity contribution in [2.24, 2.45) is 0 Å². The zero-order valence-corrected chi connectivity index (χ0v) is 14.8. The van der Waals surface area contributed by atoms with E-state index in [4.69, 9.17) is 4.98 Å². The van der Waals surface area contributed by atoms with Crippen LogP contribution in [0.3, 0.4) is 0 Å². The Bertz CT molecular complexity index is 912. The Kier molecular flexibility index (Phi) is 4.75. The molecule has 4 rings (SSSR count). The van der Waals surface area contributed by atoms with Crippen LogP contribution in [0.15, 0.2) is 61.2 Å². The summed E-state index contributed by atoms with van der Waals surface area (Å²) in [6.07, 6.45) is 6.35. The molecule has 0 spiro atoms. The van der Waals surface area contributed by atoms with Crippen LogP contribution in [0.1, 0.15) is 30.2 Å². The third kappa shape index (κ3) is 3.65. The fraction of sp³-hybridized carbons (Fsp3) is 0.250. The van der Waals surface area contributed by atoms with E-state index in [0.717, 1.165) is 47.8 Å². The van der Waals surface area contributed by atoms with Crippen LogP contribution in [0.2, 0.25) is 0 Å². The first-order chi connectivity index (χ1) is 12.8. The van der Waals surface area contributed by atoms with Crippen molar-refractivity contribution in [2.45, 2.75) is 25.9 Å². The Morgan fingerprint density at radius 3 is 2.77 bits per heavy atom. The van der Waals surface area contributed by atoms with E-state index in [2.05, 4.69) is 43.9 Å². The molecule has 132 valence electrons. The highest BCUT2D eigenvalue weighted by atomic mass is 15.2. The highest BCUT2D eigenvalue weighted by Gasteiger charge is 2.19. The van der Waals surface area contributed by atoms with Gasteiger partial charge in [-0.2, -0.15) is 0 Å². The summed E-state index contributed by atoms with van der Waals surface area (Å²) in [4.78, 5) is 22.4. The zero-order chi connectivity index (χ0) is 17.8. The third-order valence-corrected chi connectivity index (χ3v) is 4.68. The van der Waals surface area contributed by atoms with Crippen molar-refractivity contribution in [3.63, 3.8) is 0 Å². The molecule has 2 N–H and O–H groups in total. The Labute approximate surface area is 152 Å². The predicted octanol–water partition coefficient (Wildman–Crippen LogP) is 3.49. The first kappa shape index (κ1) is 16.5. The number of fused-ring (bicyclic) bond motifs is 1. The smallest absolute Gasteiger partial charge is 0.121 e. The molecular formula is C20H22N6. The Morgan fingerprint density at radius 2 is 2.00 bits per heavy atom. The van der Waals surface area contributed by atoms with Crippen LogP contribution in [-0.2, 0) is 13.0 Å². The van der Waals surface area contributed by atoms with Gasteiger partial charge in [-0.05, 0) is 31.2 Å². The molecule has 6 nitrogen and oxygen atoms in total. The predicted molar refractivity (Wildman–Crippen MR) is 101 cm³/mol. The molecule has 3 aromatic heterocycles. The van der Waals surface area contributed by atoms with Gasteiger partial charge in [0.1, 0.15) is 5.82 Å². The summed E-state index contributed by atoms with van der Waals surface area (Å²) in [5, 5.41) is 0. The van der Waals surface area contributed by atoms with E-state index >= 15 is 0 Å². The molecule has 0 aliphatic heterocycles. The van der Waals surface area contributed by atoms with Gasteiger partial charge in [0.15, 0.2) is 0 Å². The zero-order valence-electron chi connectivity index (χ0n) is 14.8. The van der Waals surface area contributed by atoms with Gasteiger partial charge in [0.05, 0.1) is 29.6 Å². The lowest BCUT2D eigenvalue weighted by Crippen LogP contribution is -2.30. The van der Waals surface area contributed by atoms with Crippen LogP contribution in [0.25, 0.3) is 11.0 Å². The second kappa shape index (κ2) is 7.49. The van der Waals surface area contributed by atoms with E-state index < -0.39 is 0 Å². The topological polar surface area (TPSA) is 73.5 Å². The van der Waals surface area contributed by atoms with Crippen LogP contribution in [-0.4, -0.2) is 36.4 Å². The highest BCUT2D eigenvalue weighted by molar-refractivity contribution is 5.74. The maximum Gasteiger partial charge on any atom is 0.121 e. The van der Waals surface area contributed by atoms with Gasteiger partial charge in [-0.15, -0.1) is 0 Å². The van der Waals surface area contributed by atoms with Crippen molar-refractivity contribution in [3.05, 3.63) is 78.4 Å². The number of nitrogens with zero attached hydrogens (tertiary/aromatic N) is 4. The molecular weight excluding hydrogens is 324 g/mol. The van der Waals surface area contributed by atoms with Crippen molar-refractivity contribution in [3.8, 4) is 0 Å². The SMILES string of the molecule is CC(c1ccccn1)N(CCc1cnc[nH]1)Cc1nc2ccccc2[nH]1. The van der Waals surface area contributed by atoms with Gasteiger partial charge in [0, 0.05) is 37.1 Å². The first-order valence-electron chi connectivity index (χ1n) is 8.85. The third-order valence-electron chi connectivity index (χ3n) is 4.68. The van der Waals surface area contributed by atoms with Crippen molar-refractivity contribution in [1.82, 2.24) is 29.8 Å². The monoisotopic (exact) mass is 346 g/mol. The normalized spacial score (nSPS) is 12.7. The lowest BCUT2D eigenvalue weighted by atomic mass is 10.1. The summed E-state index contributed by atoms with van der Waals surface area (Å²) in [6.45, 7) is 3.81. The molecule has 4 aromatic rings. The summed E-state index contributed by atoms with van der Waals surface area (Å²) in [7, 11) is 0. The van der Waals surface area contributed by atoms with E-state index in [0.29, 0.717) is 0 Å². The second-order valence-corrected chi connectivity index (χ2v) is 6.43. The van der Waals surface area contributed by atoms with E-state index in [9.17, 15) is 0 Å². The molecule has 26 heavy (non-hydrogen) atoms. The summed E-state index contributed by atoms with van der Waals surface area (Å²) in [6, 6.07) is 14.4. The van der Waals surface area contributed by atoms with Crippen molar-refractivity contribution < 1.29 is 0 Å². The number of hydrogen-bond acceptors (Lipinski definition) is 4. The number of H-pyrrole nitrogens is 2. The summed E-state index contributed by atoms with van der Waals surface area (Å²) in [5.41, 5.74) is 4.27. The Hall–Kier alpha value is -2.99. The van der Waals surface area contributed by atoms with Crippen LogP contribution < -0.4 is 0 Å². The molecule has 1 atom stereocenters. The molecule has 1 unspecified atom stereocenters. The van der Waals surface area contributed by atoms with E-state index in [1.165, 1.54) is 0 Å². The largest absolute Gasteiger partial charge is 0.348 e. The number of rotatable bonds is 7. The van der Waals surface area contributed by atoms with Gasteiger partial charge in [0.25, 0.3) is 0 Å². The average molecular weight is 346 g/mol. The molecule has 0 bridgehead atoms. The number of aromatic amines is 2. The quantitative estimate of drug-likeness (QED) is 0.537. The highest BCUT2D eigenvalue weighted by Crippen LogP contribution is 2.21. The van der Waals surface area contributed by atoms with Crippen LogP contribution >= 0.6 is 0 Å². The Morgan fingerprint density at radius 1 is 1.12 bits per heavy atom. The van der Waals surface area contributed by atoms with Gasteiger partial charge >= 0.3 is 0 Å². The molecule has 1 aromatic carbocycles. The average Bonchev–Trinajstić information content (AvgIpc) is 3.34. The number of imidazole rings is 2. The molecule has 0 saturated carbocycles. The maximum atomic E-state index is 4.74. The molecule has 0 saturated heterocycles. The number of aromatic nitrogens is 5. The summed E-state index contributed by atoms with van der Waals surface area (Å²) >= 11 is 0. The minimum Gasteiger partial charge on any atom is -0.348 e.